The fourth-order valence-corrected chi connectivity index (χ4v) is 3.08. The molecule has 0 unspecified atom stereocenters. The van der Waals surface area contributed by atoms with E-state index in [1.807, 2.05) is 37.3 Å². The van der Waals surface area contributed by atoms with Crippen molar-refractivity contribution in [2.75, 3.05) is 0 Å². The normalized spacial score (nSPS) is 16.7. The molecule has 0 aliphatic heterocycles. The average Bonchev–Trinajstić information content (AvgIpc) is 2.42. The van der Waals surface area contributed by atoms with Gasteiger partial charge in [0.2, 0.25) is 0 Å². The summed E-state index contributed by atoms with van der Waals surface area (Å²) in [6.45, 7) is 1.96. The van der Waals surface area contributed by atoms with Gasteiger partial charge in [-0.2, -0.15) is 0 Å². The van der Waals surface area contributed by atoms with Crippen LogP contribution in [0.3, 0.4) is 0 Å². The molecule has 0 heterocycles. The number of rotatable bonds is 3. The van der Waals surface area contributed by atoms with E-state index in [0.717, 1.165) is 28.4 Å². The van der Waals surface area contributed by atoms with Gasteiger partial charge in [0, 0.05) is 21.6 Å². The predicted molar refractivity (Wildman–Crippen MR) is 83.2 cm³/mol. The highest BCUT2D eigenvalue weighted by Gasteiger charge is 2.18. The van der Waals surface area contributed by atoms with Crippen LogP contribution in [-0.4, -0.2) is 11.9 Å². The number of benzene rings is 1. The second kappa shape index (κ2) is 6.90. The van der Waals surface area contributed by atoms with E-state index in [9.17, 15) is 4.79 Å². The minimum Gasteiger partial charge on any atom is -0.349 e. The highest BCUT2D eigenvalue weighted by atomic mass is 79.9. The number of nitrogens with one attached hydrogen (secondary N) is 1. The van der Waals surface area contributed by atoms with Crippen LogP contribution in [0.25, 0.3) is 6.08 Å². The highest BCUT2D eigenvalue weighted by Crippen LogP contribution is 2.23. The Balaban J connectivity index is 2.16. The summed E-state index contributed by atoms with van der Waals surface area (Å²) in [6.07, 6.45) is 9.90. The molecular weight excluding hydrogens is 302 g/mol. The van der Waals surface area contributed by atoms with Gasteiger partial charge in [0.15, 0.2) is 0 Å². The molecule has 1 aromatic carbocycles. The van der Waals surface area contributed by atoms with Crippen molar-refractivity contribution >= 4 is 27.9 Å². The van der Waals surface area contributed by atoms with Crippen LogP contribution < -0.4 is 5.32 Å². The maximum atomic E-state index is 12.4. The number of halogens is 1. The standard InChI is InChI=1S/C16H20BrNO/c1-2-7-13-14(10-6-11-15(13)17)16(19)18-12-8-4-3-5-9-12/h2,6-7,10-12H,3-5,8-9H2,1H3,(H,18,19). The molecule has 3 heteroatoms. The van der Waals surface area contributed by atoms with Crippen LogP contribution in [0.15, 0.2) is 28.7 Å². The van der Waals surface area contributed by atoms with Crippen LogP contribution in [0.1, 0.15) is 54.9 Å². The molecule has 1 N–H and O–H groups in total. The van der Waals surface area contributed by atoms with Gasteiger partial charge >= 0.3 is 0 Å². The third-order valence-corrected chi connectivity index (χ3v) is 4.26. The Morgan fingerprint density at radius 1 is 1.32 bits per heavy atom. The van der Waals surface area contributed by atoms with Crippen LogP contribution in [0.2, 0.25) is 0 Å². The molecule has 1 aliphatic rings. The number of allylic oxidation sites excluding steroid dienone is 1. The van der Waals surface area contributed by atoms with Crippen molar-refractivity contribution in [1.29, 1.82) is 0 Å². The zero-order valence-corrected chi connectivity index (χ0v) is 12.9. The third-order valence-electron chi connectivity index (χ3n) is 3.57. The van der Waals surface area contributed by atoms with Gasteiger partial charge in [-0.3, -0.25) is 4.79 Å². The van der Waals surface area contributed by atoms with E-state index >= 15 is 0 Å². The molecule has 0 bridgehead atoms. The van der Waals surface area contributed by atoms with Gasteiger partial charge in [-0.05, 0) is 31.9 Å². The molecule has 0 aromatic heterocycles. The summed E-state index contributed by atoms with van der Waals surface area (Å²) in [5.74, 6) is 0.0429. The van der Waals surface area contributed by atoms with Crippen LogP contribution in [0, 0.1) is 0 Å². The maximum absolute atomic E-state index is 12.4. The summed E-state index contributed by atoms with van der Waals surface area (Å²) < 4.78 is 0.960. The summed E-state index contributed by atoms with van der Waals surface area (Å²) in [5.41, 5.74) is 1.70. The van der Waals surface area contributed by atoms with Crippen molar-refractivity contribution in [3.63, 3.8) is 0 Å². The molecule has 0 spiro atoms. The lowest BCUT2D eigenvalue weighted by Crippen LogP contribution is -2.36. The van der Waals surface area contributed by atoms with E-state index < -0.39 is 0 Å². The lowest BCUT2D eigenvalue weighted by molar-refractivity contribution is 0.0927. The molecule has 2 nitrogen and oxygen atoms in total. The van der Waals surface area contributed by atoms with Crippen molar-refractivity contribution in [3.05, 3.63) is 39.9 Å². The van der Waals surface area contributed by atoms with Gasteiger partial charge < -0.3 is 5.32 Å². The minimum absolute atomic E-state index is 0.0429. The Morgan fingerprint density at radius 3 is 2.74 bits per heavy atom. The van der Waals surface area contributed by atoms with Gasteiger partial charge in [-0.15, -0.1) is 0 Å². The van der Waals surface area contributed by atoms with E-state index in [0.29, 0.717) is 6.04 Å². The van der Waals surface area contributed by atoms with Crippen LogP contribution >= 0.6 is 15.9 Å². The SMILES string of the molecule is CC=Cc1c(Br)cccc1C(=O)NC1CCCCC1. The minimum atomic E-state index is 0.0429. The van der Waals surface area contributed by atoms with E-state index in [2.05, 4.69) is 21.2 Å². The first-order valence-electron chi connectivity index (χ1n) is 6.94. The Kier molecular flexibility index (Phi) is 5.20. The molecule has 1 fully saturated rings. The van der Waals surface area contributed by atoms with Gasteiger partial charge in [-0.1, -0.05) is 53.4 Å². The molecule has 2 rings (SSSR count). The first kappa shape index (κ1) is 14.3. The first-order chi connectivity index (χ1) is 9.22. The van der Waals surface area contributed by atoms with Crippen molar-refractivity contribution in [3.8, 4) is 0 Å². The summed E-state index contributed by atoms with van der Waals surface area (Å²) in [4.78, 5) is 12.4. The molecule has 1 amide bonds. The molecule has 1 aliphatic carbocycles. The van der Waals surface area contributed by atoms with E-state index in [4.69, 9.17) is 0 Å². The van der Waals surface area contributed by atoms with Gasteiger partial charge in [0.25, 0.3) is 5.91 Å². The second-order valence-electron chi connectivity index (χ2n) is 5.01. The average molecular weight is 322 g/mol. The molecule has 0 radical (unpaired) electrons. The van der Waals surface area contributed by atoms with Crippen LogP contribution in [0.4, 0.5) is 0 Å². The number of hydrogen-bond donors (Lipinski definition) is 1. The Labute approximate surface area is 123 Å². The lowest BCUT2D eigenvalue weighted by atomic mass is 9.95. The van der Waals surface area contributed by atoms with E-state index in [1.165, 1.54) is 19.3 Å². The van der Waals surface area contributed by atoms with Gasteiger partial charge in [-0.25, -0.2) is 0 Å². The molecule has 0 saturated heterocycles. The summed E-state index contributed by atoms with van der Waals surface area (Å²) in [5, 5.41) is 3.17. The summed E-state index contributed by atoms with van der Waals surface area (Å²) in [7, 11) is 0. The Bertz CT molecular complexity index is 476. The Hall–Kier alpha value is -1.09. The Morgan fingerprint density at radius 2 is 2.05 bits per heavy atom. The van der Waals surface area contributed by atoms with Crippen LogP contribution in [-0.2, 0) is 0 Å². The predicted octanol–water partition coefficient (Wildman–Crippen LogP) is 4.54. The smallest absolute Gasteiger partial charge is 0.252 e. The molecular formula is C16H20BrNO. The molecule has 1 aromatic rings. The monoisotopic (exact) mass is 321 g/mol. The fraction of sp³-hybridized carbons (Fsp3) is 0.438. The lowest BCUT2D eigenvalue weighted by Gasteiger charge is -2.23. The fourth-order valence-electron chi connectivity index (χ4n) is 2.58. The molecule has 19 heavy (non-hydrogen) atoms. The zero-order chi connectivity index (χ0) is 13.7. The van der Waals surface area contributed by atoms with Gasteiger partial charge in [0.1, 0.15) is 0 Å². The van der Waals surface area contributed by atoms with Crippen molar-refractivity contribution < 1.29 is 4.79 Å². The highest BCUT2D eigenvalue weighted by molar-refractivity contribution is 9.10. The first-order valence-corrected chi connectivity index (χ1v) is 7.73. The number of amides is 1. The topological polar surface area (TPSA) is 29.1 Å². The van der Waals surface area contributed by atoms with Gasteiger partial charge in [0.05, 0.1) is 0 Å². The maximum Gasteiger partial charge on any atom is 0.252 e. The quantitative estimate of drug-likeness (QED) is 0.869. The molecule has 1 saturated carbocycles. The summed E-state index contributed by atoms with van der Waals surface area (Å²) in [6, 6.07) is 6.11. The largest absolute Gasteiger partial charge is 0.349 e. The van der Waals surface area contributed by atoms with E-state index in [1.54, 1.807) is 0 Å². The van der Waals surface area contributed by atoms with Crippen molar-refractivity contribution in [1.82, 2.24) is 5.32 Å². The molecule has 0 atom stereocenters. The summed E-state index contributed by atoms with van der Waals surface area (Å²) >= 11 is 3.51. The van der Waals surface area contributed by atoms with Crippen LogP contribution in [0.5, 0.6) is 0 Å². The van der Waals surface area contributed by atoms with Crippen molar-refractivity contribution in [2.45, 2.75) is 45.1 Å². The number of carbonyl (C=O) groups is 1. The second-order valence-corrected chi connectivity index (χ2v) is 5.86. The number of carbonyl (C=O) groups excluding carboxylic acids is 1. The zero-order valence-electron chi connectivity index (χ0n) is 11.3. The van der Waals surface area contributed by atoms with E-state index in [-0.39, 0.29) is 5.91 Å². The molecule has 102 valence electrons. The number of hydrogen-bond acceptors (Lipinski definition) is 1. The van der Waals surface area contributed by atoms with Crippen molar-refractivity contribution in [2.24, 2.45) is 0 Å². The third kappa shape index (κ3) is 3.69.